The summed E-state index contributed by atoms with van der Waals surface area (Å²) in [5.74, 6) is 0.562. The van der Waals surface area contributed by atoms with E-state index in [2.05, 4.69) is 22.4 Å². The number of pyridine rings is 1. The minimum absolute atomic E-state index is 0.0522. The average Bonchev–Trinajstić information content (AvgIpc) is 3.30. The molecule has 3 rings (SSSR count). The SMILES string of the molecule is CCCc1cc(C(=O)N2CCCC2c2ccc(CNC(C)=O)cn2)no1. The molecule has 7 heteroatoms. The second-order valence-electron chi connectivity index (χ2n) is 6.59. The van der Waals surface area contributed by atoms with Crippen molar-refractivity contribution in [3.05, 3.63) is 47.1 Å². The summed E-state index contributed by atoms with van der Waals surface area (Å²) in [7, 11) is 0. The van der Waals surface area contributed by atoms with Gasteiger partial charge in [0.2, 0.25) is 5.91 Å². The Labute approximate surface area is 152 Å². The normalized spacial score (nSPS) is 16.7. The Morgan fingerprint density at radius 1 is 1.38 bits per heavy atom. The van der Waals surface area contributed by atoms with E-state index >= 15 is 0 Å². The van der Waals surface area contributed by atoms with E-state index in [1.807, 2.05) is 17.0 Å². The summed E-state index contributed by atoms with van der Waals surface area (Å²) in [6, 6.07) is 5.56. The monoisotopic (exact) mass is 356 g/mol. The summed E-state index contributed by atoms with van der Waals surface area (Å²) >= 11 is 0. The van der Waals surface area contributed by atoms with Gasteiger partial charge < -0.3 is 14.7 Å². The van der Waals surface area contributed by atoms with Gasteiger partial charge in [-0.2, -0.15) is 0 Å². The first kappa shape index (κ1) is 18.1. The van der Waals surface area contributed by atoms with Crippen molar-refractivity contribution in [2.75, 3.05) is 6.54 Å². The lowest BCUT2D eigenvalue weighted by Gasteiger charge is -2.23. The lowest BCUT2D eigenvalue weighted by atomic mass is 10.1. The molecule has 2 amide bonds. The van der Waals surface area contributed by atoms with E-state index in [1.54, 1.807) is 12.3 Å². The lowest BCUT2D eigenvalue weighted by Crippen LogP contribution is -2.31. The minimum atomic E-state index is -0.109. The number of aryl methyl sites for hydroxylation is 1. The molecule has 1 N–H and O–H groups in total. The number of carbonyl (C=O) groups excluding carboxylic acids is 2. The first-order valence-corrected chi connectivity index (χ1v) is 9.04. The van der Waals surface area contributed by atoms with Gasteiger partial charge in [0.05, 0.1) is 11.7 Å². The molecule has 2 aromatic heterocycles. The van der Waals surface area contributed by atoms with Gasteiger partial charge in [-0.15, -0.1) is 0 Å². The second-order valence-corrected chi connectivity index (χ2v) is 6.59. The number of aromatic nitrogens is 2. The van der Waals surface area contributed by atoms with Gasteiger partial charge in [0, 0.05) is 38.7 Å². The first-order chi connectivity index (χ1) is 12.6. The third-order valence-corrected chi connectivity index (χ3v) is 4.52. The summed E-state index contributed by atoms with van der Waals surface area (Å²) in [5, 5.41) is 6.69. The largest absolute Gasteiger partial charge is 0.361 e. The summed E-state index contributed by atoms with van der Waals surface area (Å²) in [6.07, 6.45) is 5.29. The number of nitrogens with one attached hydrogen (secondary N) is 1. The van der Waals surface area contributed by atoms with Crippen molar-refractivity contribution in [1.82, 2.24) is 20.4 Å². The maximum Gasteiger partial charge on any atom is 0.276 e. The Morgan fingerprint density at radius 3 is 2.92 bits per heavy atom. The zero-order valence-corrected chi connectivity index (χ0v) is 15.2. The molecule has 1 atom stereocenters. The molecule has 1 saturated heterocycles. The van der Waals surface area contributed by atoms with Gasteiger partial charge in [-0.1, -0.05) is 18.1 Å². The van der Waals surface area contributed by atoms with Crippen molar-refractivity contribution in [2.45, 2.75) is 52.1 Å². The van der Waals surface area contributed by atoms with Gasteiger partial charge in [-0.05, 0) is 30.9 Å². The maximum atomic E-state index is 12.8. The molecule has 0 spiro atoms. The smallest absolute Gasteiger partial charge is 0.276 e. The van der Waals surface area contributed by atoms with Gasteiger partial charge in [-0.25, -0.2) is 0 Å². The van der Waals surface area contributed by atoms with Gasteiger partial charge in [0.25, 0.3) is 5.91 Å². The van der Waals surface area contributed by atoms with Gasteiger partial charge in [0.1, 0.15) is 5.76 Å². The third-order valence-electron chi connectivity index (χ3n) is 4.52. The highest BCUT2D eigenvalue weighted by atomic mass is 16.5. The maximum absolute atomic E-state index is 12.8. The van der Waals surface area contributed by atoms with Crippen LogP contribution in [0.1, 0.15) is 66.7 Å². The highest BCUT2D eigenvalue weighted by Crippen LogP contribution is 2.32. The fraction of sp³-hybridized carbons (Fsp3) is 0.474. The van der Waals surface area contributed by atoms with Crippen LogP contribution in [0.5, 0.6) is 0 Å². The molecule has 1 fully saturated rings. The fourth-order valence-electron chi connectivity index (χ4n) is 3.21. The van der Waals surface area contributed by atoms with E-state index < -0.39 is 0 Å². The molecule has 7 nitrogen and oxygen atoms in total. The molecule has 0 radical (unpaired) electrons. The van der Waals surface area contributed by atoms with Crippen LogP contribution in [-0.2, 0) is 17.8 Å². The van der Waals surface area contributed by atoms with Crippen molar-refractivity contribution >= 4 is 11.8 Å². The Balaban J connectivity index is 1.70. The molecule has 26 heavy (non-hydrogen) atoms. The van der Waals surface area contributed by atoms with Crippen LogP contribution in [0.15, 0.2) is 28.9 Å². The van der Waals surface area contributed by atoms with E-state index in [4.69, 9.17) is 4.52 Å². The van der Waals surface area contributed by atoms with E-state index in [9.17, 15) is 9.59 Å². The van der Waals surface area contributed by atoms with Crippen LogP contribution in [0, 0.1) is 0 Å². The highest BCUT2D eigenvalue weighted by molar-refractivity contribution is 5.92. The van der Waals surface area contributed by atoms with Crippen LogP contribution < -0.4 is 5.32 Å². The Kier molecular flexibility index (Phi) is 5.65. The first-order valence-electron chi connectivity index (χ1n) is 9.04. The number of likely N-dealkylation sites (tertiary alicyclic amines) is 1. The summed E-state index contributed by atoms with van der Waals surface area (Å²) in [6.45, 7) is 4.69. The van der Waals surface area contributed by atoms with Gasteiger partial charge >= 0.3 is 0 Å². The molecule has 1 aliphatic heterocycles. The van der Waals surface area contributed by atoms with Crippen LogP contribution in [0.3, 0.4) is 0 Å². The van der Waals surface area contributed by atoms with Crippen molar-refractivity contribution in [2.24, 2.45) is 0 Å². The fourth-order valence-corrected chi connectivity index (χ4v) is 3.21. The van der Waals surface area contributed by atoms with Crippen LogP contribution in [0.4, 0.5) is 0 Å². The molecule has 0 aromatic carbocycles. The number of carbonyl (C=O) groups is 2. The molecule has 2 aromatic rings. The summed E-state index contributed by atoms with van der Waals surface area (Å²) < 4.78 is 5.24. The van der Waals surface area contributed by atoms with Crippen molar-refractivity contribution in [3.63, 3.8) is 0 Å². The summed E-state index contributed by atoms with van der Waals surface area (Å²) in [4.78, 5) is 30.2. The molecule has 138 valence electrons. The minimum Gasteiger partial charge on any atom is -0.361 e. The van der Waals surface area contributed by atoms with E-state index in [0.717, 1.165) is 42.7 Å². The van der Waals surface area contributed by atoms with Crippen LogP contribution in [0.2, 0.25) is 0 Å². The van der Waals surface area contributed by atoms with Crippen molar-refractivity contribution in [1.29, 1.82) is 0 Å². The van der Waals surface area contributed by atoms with Crippen LogP contribution in [-0.4, -0.2) is 33.4 Å². The molecule has 0 bridgehead atoms. The Morgan fingerprint density at radius 2 is 2.23 bits per heavy atom. The zero-order chi connectivity index (χ0) is 18.5. The van der Waals surface area contributed by atoms with E-state index in [1.165, 1.54) is 6.92 Å². The van der Waals surface area contributed by atoms with E-state index in [0.29, 0.717) is 18.8 Å². The van der Waals surface area contributed by atoms with E-state index in [-0.39, 0.29) is 17.9 Å². The van der Waals surface area contributed by atoms with Crippen LogP contribution >= 0.6 is 0 Å². The quantitative estimate of drug-likeness (QED) is 0.859. The Bertz CT molecular complexity index is 769. The molecule has 3 heterocycles. The number of rotatable bonds is 6. The zero-order valence-electron chi connectivity index (χ0n) is 15.2. The average molecular weight is 356 g/mol. The lowest BCUT2D eigenvalue weighted by molar-refractivity contribution is -0.119. The molecular formula is C19H24N4O3. The number of nitrogens with zero attached hydrogens (tertiary/aromatic N) is 3. The number of amides is 2. The molecule has 0 saturated carbocycles. The summed E-state index contributed by atoms with van der Waals surface area (Å²) in [5.41, 5.74) is 2.16. The molecule has 1 unspecified atom stereocenters. The number of hydrogen-bond acceptors (Lipinski definition) is 5. The Hall–Kier alpha value is -2.70. The van der Waals surface area contributed by atoms with Gasteiger partial charge in [-0.3, -0.25) is 14.6 Å². The predicted molar refractivity (Wildman–Crippen MR) is 95.3 cm³/mol. The standard InChI is InChI=1S/C19H24N4O3/c1-3-5-15-10-17(22-26-15)19(25)23-9-4-6-18(23)16-8-7-14(12-21-16)11-20-13(2)24/h7-8,10,12,18H,3-6,9,11H2,1-2H3,(H,20,24). The van der Waals surface area contributed by atoms with Crippen molar-refractivity contribution < 1.29 is 14.1 Å². The third kappa shape index (κ3) is 4.09. The van der Waals surface area contributed by atoms with Gasteiger partial charge in [0.15, 0.2) is 5.69 Å². The molecule has 1 aliphatic rings. The molecule has 0 aliphatic carbocycles. The number of hydrogen-bond donors (Lipinski definition) is 1. The highest BCUT2D eigenvalue weighted by Gasteiger charge is 2.32. The van der Waals surface area contributed by atoms with Crippen molar-refractivity contribution in [3.8, 4) is 0 Å². The predicted octanol–water partition coefficient (Wildman–Crippen LogP) is 2.64. The second kappa shape index (κ2) is 8.12. The topological polar surface area (TPSA) is 88.3 Å². The molecular weight excluding hydrogens is 332 g/mol. The van der Waals surface area contributed by atoms with Crippen LogP contribution in [0.25, 0.3) is 0 Å².